The molecule has 1 fully saturated rings. The van der Waals surface area contributed by atoms with Crippen LogP contribution >= 0.6 is 0 Å². The predicted octanol–water partition coefficient (Wildman–Crippen LogP) is 2.20. The zero-order valence-electron chi connectivity index (χ0n) is 13.1. The Morgan fingerprint density at radius 1 is 1.45 bits per heavy atom. The first-order valence-electron chi connectivity index (χ1n) is 7.68. The molecular formula is C15H23F2N3O2. The van der Waals surface area contributed by atoms with E-state index in [9.17, 15) is 13.6 Å². The van der Waals surface area contributed by atoms with Gasteiger partial charge >= 0.3 is 6.55 Å². The Balaban J connectivity index is 2.08. The Morgan fingerprint density at radius 3 is 2.77 bits per heavy atom. The smallest absolute Gasteiger partial charge is 0.333 e. The van der Waals surface area contributed by atoms with Crippen molar-refractivity contribution in [3.05, 3.63) is 17.0 Å². The Morgan fingerprint density at radius 2 is 2.18 bits per heavy atom. The third-order valence-corrected chi connectivity index (χ3v) is 4.38. The second-order valence-corrected chi connectivity index (χ2v) is 5.80. The van der Waals surface area contributed by atoms with E-state index in [1.807, 2.05) is 4.90 Å². The lowest BCUT2D eigenvalue weighted by atomic mass is 10.1. The number of aromatic nitrogens is 2. The van der Waals surface area contributed by atoms with Crippen LogP contribution in [0, 0.1) is 13.8 Å². The first-order valence-corrected chi connectivity index (χ1v) is 7.68. The summed E-state index contributed by atoms with van der Waals surface area (Å²) >= 11 is 0. The van der Waals surface area contributed by atoms with Crippen molar-refractivity contribution in [2.45, 2.75) is 58.5 Å². The number of hydrogen-bond acceptors (Lipinski definition) is 3. The van der Waals surface area contributed by atoms with Crippen molar-refractivity contribution in [1.29, 1.82) is 0 Å². The van der Waals surface area contributed by atoms with Gasteiger partial charge in [-0.2, -0.15) is 13.9 Å². The third kappa shape index (κ3) is 3.45. The standard InChI is InChI=1S/C15H23F2N3O2/c1-10-13(11(2)20(18-10)15(16)17)9-14(22)19-7-3-5-12(19)6-4-8-21/h12,15,21H,3-9H2,1-2H3. The molecule has 0 spiro atoms. The van der Waals surface area contributed by atoms with Gasteiger partial charge in [0.2, 0.25) is 5.91 Å². The van der Waals surface area contributed by atoms with Crippen LogP contribution in [-0.4, -0.2) is 44.9 Å². The molecule has 1 aromatic heterocycles. The van der Waals surface area contributed by atoms with Gasteiger partial charge in [-0.25, -0.2) is 4.68 Å². The number of hydrogen-bond donors (Lipinski definition) is 1. The SMILES string of the molecule is Cc1nn(C(F)F)c(C)c1CC(=O)N1CCCC1CCCO. The average molecular weight is 315 g/mol. The molecule has 2 heterocycles. The first kappa shape index (κ1) is 16.9. The van der Waals surface area contributed by atoms with Crippen LogP contribution in [0.4, 0.5) is 8.78 Å². The predicted molar refractivity (Wildman–Crippen MR) is 77.7 cm³/mol. The fraction of sp³-hybridized carbons (Fsp3) is 0.733. The van der Waals surface area contributed by atoms with Gasteiger partial charge in [-0.15, -0.1) is 0 Å². The number of amides is 1. The Labute approximate surface area is 128 Å². The van der Waals surface area contributed by atoms with E-state index in [2.05, 4.69) is 5.10 Å². The number of carbonyl (C=O) groups excluding carboxylic acids is 1. The van der Waals surface area contributed by atoms with Crippen LogP contribution in [0.25, 0.3) is 0 Å². The first-order chi connectivity index (χ1) is 10.5. The molecule has 124 valence electrons. The molecule has 1 saturated heterocycles. The minimum Gasteiger partial charge on any atom is -0.396 e. The summed E-state index contributed by atoms with van der Waals surface area (Å²) in [6.45, 7) is 1.36. The normalized spacial score (nSPS) is 18.5. The summed E-state index contributed by atoms with van der Waals surface area (Å²) in [6.07, 6.45) is 3.47. The molecule has 2 rings (SSSR count). The number of rotatable bonds is 6. The third-order valence-electron chi connectivity index (χ3n) is 4.38. The summed E-state index contributed by atoms with van der Waals surface area (Å²) in [5.74, 6) is -0.0412. The quantitative estimate of drug-likeness (QED) is 0.875. The van der Waals surface area contributed by atoms with Crippen LogP contribution in [0.1, 0.15) is 49.2 Å². The van der Waals surface area contributed by atoms with Crippen molar-refractivity contribution in [1.82, 2.24) is 14.7 Å². The van der Waals surface area contributed by atoms with E-state index in [0.29, 0.717) is 34.6 Å². The molecule has 0 radical (unpaired) electrons. The second-order valence-electron chi connectivity index (χ2n) is 5.80. The van der Waals surface area contributed by atoms with Gasteiger partial charge in [0.25, 0.3) is 0 Å². The molecule has 1 unspecified atom stereocenters. The van der Waals surface area contributed by atoms with E-state index >= 15 is 0 Å². The summed E-state index contributed by atoms with van der Waals surface area (Å²) in [4.78, 5) is 14.3. The maximum absolute atomic E-state index is 12.8. The molecule has 1 aliphatic rings. The highest BCUT2D eigenvalue weighted by Crippen LogP contribution is 2.25. The second kappa shape index (κ2) is 7.17. The van der Waals surface area contributed by atoms with Crippen LogP contribution in [0.15, 0.2) is 0 Å². The summed E-state index contributed by atoms with van der Waals surface area (Å²) in [5.41, 5.74) is 1.43. The number of halogens is 2. The van der Waals surface area contributed by atoms with Crippen molar-refractivity contribution in [3.63, 3.8) is 0 Å². The Kier molecular flexibility index (Phi) is 5.50. The van der Waals surface area contributed by atoms with E-state index < -0.39 is 6.55 Å². The highest BCUT2D eigenvalue weighted by molar-refractivity contribution is 5.80. The minimum absolute atomic E-state index is 0.0412. The Bertz CT molecular complexity index is 531. The number of aliphatic hydroxyl groups is 1. The van der Waals surface area contributed by atoms with Gasteiger partial charge in [0.1, 0.15) is 0 Å². The molecule has 0 aromatic carbocycles. The zero-order chi connectivity index (χ0) is 16.3. The number of nitrogens with zero attached hydrogens (tertiary/aromatic N) is 3. The molecule has 1 atom stereocenters. The molecule has 1 aromatic rings. The molecule has 0 aliphatic carbocycles. The summed E-state index contributed by atoms with van der Waals surface area (Å²) in [5, 5.41) is 12.7. The van der Waals surface area contributed by atoms with E-state index in [1.54, 1.807) is 13.8 Å². The highest BCUT2D eigenvalue weighted by Gasteiger charge is 2.29. The highest BCUT2D eigenvalue weighted by atomic mass is 19.3. The van der Waals surface area contributed by atoms with E-state index in [0.717, 1.165) is 19.3 Å². The van der Waals surface area contributed by atoms with E-state index in [-0.39, 0.29) is 25.0 Å². The maximum Gasteiger partial charge on any atom is 0.333 e. The van der Waals surface area contributed by atoms with Gasteiger partial charge < -0.3 is 10.0 Å². The molecule has 1 amide bonds. The molecule has 5 nitrogen and oxygen atoms in total. The van der Waals surface area contributed by atoms with E-state index in [1.165, 1.54) is 0 Å². The molecular weight excluding hydrogens is 292 g/mol. The Hall–Kier alpha value is -1.50. The fourth-order valence-corrected chi connectivity index (χ4v) is 3.19. The molecule has 0 saturated carbocycles. The minimum atomic E-state index is -2.69. The largest absolute Gasteiger partial charge is 0.396 e. The molecule has 22 heavy (non-hydrogen) atoms. The van der Waals surface area contributed by atoms with Crippen LogP contribution in [0.2, 0.25) is 0 Å². The molecule has 0 bridgehead atoms. The molecule has 7 heteroatoms. The summed E-state index contributed by atoms with van der Waals surface area (Å²) in [7, 11) is 0. The fourth-order valence-electron chi connectivity index (χ4n) is 3.19. The van der Waals surface area contributed by atoms with Gasteiger partial charge in [-0.1, -0.05) is 0 Å². The van der Waals surface area contributed by atoms with Gasteiger partial charge in [0.15, 0.2) is 0 Å². The van der Waals surface area contributed by atoms with Gasteiger partial charge in [0.05, 0.1) is 12.1 Å². The van der Waals surface area contributed by atoms with Crippen molar-refractivity contribution < 1.29 is 18.7 Å². The van der Waals surface area contributed by atoms with Gasteiger partial charge in [-0.3, -0.25) is 4.79 Å². The van der Waals surface area contributed by atoms with Crippen LogP contribution < -0.4 is 0 Å². The number of aryl methyl sites for hydroxylation is 1. The van der Waals surface area contributed by atoms with Gasteiger partial charge in [0, 0.05) is 30.5 Å². The monoisotopic (exact) mass is 315 g/mol. The van der Waals surface area contributed by atoms with Crippen LogP contribution in [0.5, 0.6) is 0 Å². The van der Waals surface area contributed by atoms with Crippen molar-refractivity contribution in [2.75, 3.05) is 13.2 Å². The molecule has 1 N–H and O–H groups in total. The van der Waals surface area contributed by atoms with Crippen molar-refractivity contribution >= 4 is 5.91 Å². The van der Waals surface area contributed by atoms with Crippen molar-refractivity contribution in [2.24, 2.45) is 0 Å². The summed E-state index contributed by atoms with van der Waals surface area (Å²) in [6, 6.07) is 0.158. The number of carbonyl (C=O) groups is 1. The average Bonchev–Trinajstić information content (AvgIpc) is 3.04. The lowest BCUT2D eigenvalue weighted by molar-refractivity contribution is -0.131. The molecule has 1 aliphatic heterocycles. The number of likely N-dealkylation sites (tertiary alicyclic amines) is 1. The lowest BCUT2D eigenvalue weighted by Gasteiger charge is -2.24. The van der Waals surface area contributed by atoms with Crippen LogP contribution in [0.3, 0.4) is 0 Å². The van der Waals surface area contributed by atoms with Gasteiger partial charge in [-0.05, 0) is 39.5 Å². The van der Waals surface area contributed by atoms with Crippen molar-refractivity contribution in [3.8, 4) is 0 Å². The topological polar surface area (TPSA) is 58.4 Å². The number of alkyl halides is 2. The van der Waals surface area contributed by atoms with Crippen LogP contribution in [-0.2, 0) is 11.2 Å². The maximum atomic E-state index is 12.8. The van der Waals surface area contributed by atoms with E-state index in [4.69, 9.17) is 5.11 Å². The lowest BCUT2D eigenvalue weighted by Crippen LogP contribution is -2.36. The zero-order valence-corrected chi connectivity index (χ0v) is 13.1. The number of aliphatic hydroxyl groups excluding tert-OH is 1. The summed E-state index contributed by atoms with van der Waals surface area (Å²) < 4.78 is 26.4.